The Bertz CT molecular complexity index is 1020. The first-order valence-electron chi connectivity index (χ1n) is 8.75. The van der Waals surface area contributed by atoms with E-state index in [0.717, 1.165) is 45.7 Å². The molecule has 0 N–H and O–H groups in total. The third-order valence-corrected chi connectivity index (χ3v) is 7.72. The molecule has 5 heteroatoms. The van der Waals surface area contributed by atoms with E-state index in [2.05, 4.69) is 6.58 Å². The van der Waals surface area contributed by atoms with Crippen molar-refractivity contribution in [2.24, 2.45) is 0 Å². The number of nitrogens with zero attached hydrogens (tertiary/aromatic N) is 1. The molecule has 0 amide bonds. The zero-order chi connectivity index (χ0) is 18.8. The van der Waals surface area contributed by atoms with Gasteiger partial charge in [-0.2, -0.15) is 0 Å². The highest BCUT2D eigenvalue weighted by Crippen LogP contribution is 2.57. The molecule has 2 atom stereocenters. The van der Waals surface area contributed by atoms with Gasteiger partial charge in [0.25, 0.3) is 10.0 Å². The minimum Gasteiger partial charge on any atom is -0.496 e. The Hall–Kier alpha value is -2.27. The maximum Gasteiger partial charge on any atom is 0.265 e. The minimum atomic E-state index is -3.71. The molecule has 0 aromatic heterocycles. The molecule has 1 fully saturated rings. The molecule has 0 radical (unpaired) electrons. The SMILES string of the molecule is C=C1C2CC1N(S(=O)(=O)c1c(C)cc(C)cc1C)c1cccc(OC)c12. The van der Waals surface area contributed by atoms with Crippen molar-refractivity contribution in [3.05, 3.63) is 64.7 Å². The summed E-state index contributed by atoms with van der Waals surface area (Å²) in [6.07, 6.45) is 0.759. The van der Waals surface area contributed by atoms with E-state index in [9.17, 15) is 8.42 Å². The van der Waals surface area contributed by atoms with E-state index in [0.29, 0.717) is 4.90 Å². The van der Waals surface area contributed by atoms with Gasteiger partial charge < -0.3 is 4.74 Å². The van der Waals surface area contributed by atoms with E-state index < -0.39 is 10.0 Å². The number of methoxy groups -OCH3 is 1. The number of benzene rings is 2. The Labute approximate surface area is 155 Å². The Morgan fingerprint density at radius 3 is 2.38 bits per heavy atom. The van der Waals surface area contributed by atoms with Crippen LogP contribution in [0.1, 0.15) is 34.6 Å². The highest BCUT2D eigenvalue weighted by Gasteiger charge is 2.51. The van der Waals surface area contributed by atoms with Crippen molar-refractivity contribution in [3.63, 3.8) is 0 Å². The lowest BCUT2D eigenvalue weighted by Crippen LogP contribution is -2.53. The lowest BCUT2D eigenvalue weighted by molar-refractivity contribution is 0.386. The molecule has 2 aromatic rings. The largest absolute Gasteiger partial charge is 0.496 e. The summed E-state index contributed by atoms with van der Waals surface area (Å²) in [5, 5.41) is 0. The van der Waals surface area contributed by atoms with E-state index in [1.807, 2.05) is 51.1 Å². The van der Waals surface area contributed by atoms with Crippen LogP contribution in [-0.4, -0.2) is 21.6 Å². The molecular weight excluding hydrogens is 346 g/mol. The Morgan fingerprint density at radius 2 is 1.81 bits per heavy atom. The van der Waals surface area contributed by atoms with E-state index >= 15 is 0 Å². The van der Waals surface area contributed by atoms with Crippen LogP contribution in [-0.2, 0) is 10.0 Å². The van der Waals surface area contributed by atoms with Crippen LogP contribution in [0.15, 0.2) is 47.4 Å². The second-order valence-electron chi connectivity index (χ2n) is 7.30. The molecule has 1 aliphatic carbocycles. The maximum absolute atomic E-state index is 13.7. The molecule has 0 spiro atoms. The molecule has 136 valence electrons. The van der Waals surface area contributed by atoms with Gasteiger partial charge >= 0.3 is 0 Å². The van der Waals surface area contributed by atoms with E-state index in [1.165, 1.54) is 0 Å². The molecule has 2 aromatic carbocycles. The van der Waals surface area contributed by atoms with Crippen molar-refractivity contribution in [1.82, 2.24) is 0 Å². The van der Waals surface area contributed by atoms with Crippen molar-refractivity contribution < 1.29 is 13.2 Å². The van der Waals surface area contributed by atoms with Crippen LogP contribution in [0.25, 0.3) is 0 Å². The predicted molar refractivity (Wildman–Crippen MR) is 104 cm³/mol. The van der Waals surface area contributed by atoms with Crippen LogP contribution in [0.5, 0.6) is 5.75 Å². The fraction of sp³-hybridized carbons (Fsp3) is 0.333. The summed E-state index contributed by atoms with van der Waals surface area (Å²) in [6, 6.07) is 9.29. The van der Waals surface area contributed by atoms with Crippen molar-refractivity contribution >= 4 is 15.7 Å². The second kappa shape index (κ2) is 5.61. The standard InChI is InChI=1S/C21H23NO3S/c1-12-9-13(2)21(14(3)10-12)26(23,24)22-17-7-6-8-19(25-5)20(17)16-11-18(22)15(16)4/h6-10,16,18H,4,11H2,1-3,5H3. The summed E-state index contributed by atoms with van der Waals surface area (Å²) >= 11 is 0. The summed E-state index contributed by atoms with van der Waals surface area (Å²) in [5.74, 6) is 0.905. The van der Waals surface area contributed by atoms with Crippen molar-refractivity contribution in [2.75, 3.05) is 11.4 Å². The molecule has 3 aliphatic rings. The smallest absolute Gasteiger partial charge is 0.265 e. The summed E-state index contributed by atoms with van der Waals surface area (Å²) < 4.78 is 34.5. The lowest BCUT2D eigenvalue weighted by atomic mass is 9.68. The number of ether oxygens (including phenoxy) is 1. The molecule has 2 unspecified atom stereocenters. The van der Waals surface area contributed by atoms with E-state index in [4.69, 9.17) is 4.74 Å². The molecule has 2 aliphatic heterocycles. The van der Waals surface area contributed by atoms with Crippen LogP contribution in [0.2, 0.25) is 0 Å². The highest BCUT2D eigenvalue weighted by atomic mass is 32.2. The second-order valence-corrected chi connectivity index (χ2v) is 9.05. The molecule has 2 bridgehead atoms. The molecule has 5 rings (SSSR count). The monoisotopic (exact) mass is 369 g/mol. The third kappa shape index (κ3) is 2.16. The van der Waals surface area contributed by atoms with Gasteiger partial charge in [0, 0.05) is 11.5 Å². The number of hydrogen-bond donors (Lipinski definition) is 0. The minimum absolute atomic E-state index is 0.176. The quantitative estimate of drug-likeness (QED) is 0.760. The van der Waals surface area contributed by atoms with Gasteiger partial charge in [-0.1, -0.05) is 30.3 Å². The van der Waals surface area contributed by atoms with Gasteiger partial charge in [-0.25, -0.2) is 8.42 Å². The summed E-state index contributed by atoms with van der Waals surface area (Å²) in [4.78, 5) is 0.398. The van der Waals surface area contributed by atoms with Crippen LogP contribution in [0.3, 0.4) is 0 Å². The first kappa shape index (κ1) is 17.2. The van der Waals surface area contributed by atoms with Crippen molar-refractivity contribution in [3.8, 4) is 5.75 Å². The van der Waals surface area contributed by atoms with Crippen LogP contribution < -0.4 is 9.04 Å². The van der Waals surface area contributed by atoms with Gasteiger partial charge in [0.05, 0.1) is 23.7 Å². The fourth-order valence-corrected chi connectivity index (χ4v) is 6.64. The van der Waals surface area contributed by atoms with Gasteiger partial charge in [-0.05, 0) is 56.0 Å². The Kier molecular flexibility index (Phi) is 3.70. The molecule has 2 heterocycles. The van der Waals surface area contributed by atoms with Gasteiger partial charge in [0.15, 0.2) is 0 Å². The number of sulfonamides is 1. The average Bonchev–Trinajstić information content (AvgIpc) is 2.58. The number of aryl methyl sites for hydroxylation is 3. The van der Waals surface area contributed by atoms with Gasteiger partial charge in [0.1, 0.15) is 5.75 Å². The van der Waals surface area contributed by atoms with Gasteiger partial charge in [0.2, 0.25) is 0 Å². The van der Waals surface area contributed by atoms with Crippen LogP contribution >= 0.6 is 0 Å². The molecule has 1 saturated carbocycles. The lowest BCUT2D eigenvalue weighted by Gasteiger charge is -2.52. The first-order valence-corrected chi connectivity index (χ1v) is 10.2. The maximum atomic E-state index is 13.7. The van der Waals surface area contributed by atoms with Crippen LogP contribution in [0.4, 0.5) is 5.69 Å². The van der Waals surface area contributed by atoms with E-state index in [-0.39, 0.29) is 12.0 Å². The topological polar surface area (TPSA) is 46.6 Å². The Morgan fingerprint density at radius 1 is 1.15 bits per heavy atom. The van der Waals surface area contributed by atoms with Crippen molar-refractivity contribution in [1.29, 1.82) is 0 Å². The average molecular weight is 369 g/mol. The molecule has 0 saturated heterocycles. The highest BCUT2D eigenvalue weighted by molar-refractivity contribution is 7.93. The van der Waals surface area contributed by atoms with Gasteiger partial charge in [-0.15, -0.1) is 0 Å². The molecular formula is C21H23NO3S. The van der Waals surface area contributed by atoms with Crippen molar-refractivity contribution in [2.45, 2.75) is 44.0 Å². The zero-order valence-electron chi connectivity index (χ0n) is 15.5. The number of hydrogen-bond acceptors (Lipinski definition) is 3. The van der Waals surface area contributed by atoms with Crippen LogP contribution in [0, 0.1) is 20.8 Å². The number of anilines is 1. The summed E-state index contributed by atoms with van der Waals surface area (Å²) in [5.41, 5.74) is 5.23. The van der Waals surface area contributed by atoms with E-state index in [1.54, 1.807) is 11.4 Å². The molecule has 26 heavy (non-hydrogen) atoms. The summed E-state index contributed by atoms with van der Waals surface area (Å²) in [6.45, 7) is 9.88. The predicted octanol–water partition coefficient (Wildman–Crippen LogP) is 4.24. The zero-order valence-corrected chi connectivity index (χ0v) is 16.4. The molecule has 4 nitrogen and oxygen atoms in total. The Balaban J connectivity index is 1.96. The summed E-state index contributed by atoms with van der Waals surface area (Å²) in [7, 11) is -2.08. The number of rotatable bonds is 3. The third-order valence-electron chi connectivity index (χ3n) is 5.59. The van der Waals surface area contributed by atoms with Gasteiger partial charge in [-0.3, -0.25) is 4.31 Å². The fourth-order valence-electron chi connectivity index (χ4n) is 4.54. The first-order chi connectivity index (χ1) is 12.3. The normalized spacial score (nSPS) is 21.2.